The van der Waals surface area contributed by atoms with Gasteiger partial charge in [0.1, 0.15) is 6.04 Å². The van der Waals surface area contributed by atoms with Crippen LogP contribution in [-0.2, 0) is 16.0 Å². The fourth-order valence-electron chi connectivity index (χ4n) is 1.87. The third-order valence-corrected chi connectivity index (χ3v) is 3.19. The summed E-state index contributed by atoms with van der Waals surface area (Å²) in [6.45, 7) is 0. The molecule has 0 bridgehead atoms. The molecule has 0 aliphatic rings. The van der Waals surface area contributed by atoms with Gasteiger partial charge in [-0.1, -0.05) is 27.6 Å². The molecule has 2 aromatic rings. The third kappa shape index (κ3) is 2.48. The van der Waals surface area contributed by atoms with Crippen molar-refractivity contribution < 1.29 is 9.53 Å². The molecule has 0 aliphatic heterocycles. The maximum atomic E-state index is 11.5. The number of aromatic nitrogens is 1. The Morgan fingerprint density at radius 3 is 3.00 bits per heavy atom. The van der Waals surface area contributed by atoms with Gasteiger partial charge in [0.2, 0.25) is 0 Å². The van der Waals surface area contributed by atoms with E-state index in [0.29, 0.717) is 6.42 Å². The van der Waals surface area contributed by atoms with E-state index in [0.717, 1.165) is 16.5 Å². The summed E-state index contributed by atoms with van der Waals surface area (Å²) in [4.78, 5) is 14.7. The summed E-state index contributed by atoms with van der Waals surface area (Å²) in [5.41, 5.74) is 2.18. The van der Waals surface area contributed by atoms with Gasteiger partial charge in [-0.15, -0.1) is 0 Å². The van der Waals surface area contributed by atoms with Gasteiger partial charge in [-0.3, -0.25) is 9.88 Å². The second-order valence-electron chi connectivity index (χ2n) is 3.81. The second kappa shape index (κ2) is 5.30. The van der Waals surface area contributed by atoms with E-state index in [1.54, 1.807) is 0 Å². The highest BCUT2D eigenvalue weighted by Crippen LogP contribution is 2.19. The van der Waals surface area contributed by atoms with Gasteiger partial charge in [0.15, 0.2) is 0 Å². The minimum absolute atomic E-state index is 0.259. The van der Waals surface area contributed by atoms with E-state index in [-0.39, 0.29) is 12.0 Å². The molecule has 0 saturated carbocycles. The lowest BCUT2D eigenvalue weighted by atomic mass is 10.1. The summed E-state index contributed by atoms with van der Waals surface area (Å²) in [5, 5.41) is 4.02. The number of fused-ring (bicyclic) bond motifs is 1. The molecule has 2 atom stereocenters. The molecule has 0 fully saturated rings. The molecule has 0 aliphatic carbocycles. The molecule has 0 saturated heterocycles. The molecule has 2 N–H and O–H groups in total. The average molecular weight is 250 g/mol. The molecule has 2 rings (SSSR count). The van der Waals surface area contributed by atoms with Gasteiger partial charge >= 0.3 is 5.97 Å². The number of carbonyl (C=O) groups is 1. The van der Waals surface area contributed by atoms with Crippen LogP contribution in [0.15, 0.2) is 30.5 Å². The molecular weight excluding hydrogens is 235 g/mol. The molecule has 4 nitrogen and oxygen atoms in total. The van der Waals surface area contributed by atoms with Crippen molar-refractivity contribution in [2.24, 2.45) is 0 Å². The first kappa shape index (κ1) is 12.1. The number of ether oxygens (including phenoxy) is 1. The maximum absolute atomic E-state index is 11.5. The molecular formula is C12H15N2O2P. The normalized spacial score (nSPS) is 12.6. The number of hydrogen-bond acceptors (Lipinski definition) is 3. The van der Waals surface area contributed by atoms with Crippen LogP contribution in [0.1, 0.15) is 5.56 Å². The minimum atomic E-state index is -0.343. The number of methoxy groups -OCH3 is 1. The van der Waals surface area contributed by atoms with Crippen LogP contribution in [0.25, 0.3) is 10.9 Å². The van der Waals surface area contributed by atoms with Crippen molar-refractivity contribution in [3.05, 3.63) is 36.0 Å². The van der Waals surface area contributed by atoms with Gasteiger partial charge < -0.3 is 9.72 Å². The number of rotatable bonds is 4. The SMILES string of the molecule is COC(=O)[C@H](Cc1c[nH]c2ccccc12)NP. The number of hydrogen-bond donors (Lipinski definition) is 2. The molecule has 0 amide bonds. The Labute approximate surface area is 102 Å². The van der Waals surface area contributed by atoms with E-state index < -0.39 is 0 Å². The Kier molecular flexibility index (Phi) is 3.77. The molecule has 5 heteroatoms. The smallest absolute Gasteiger partial charge is 0.323 e. The highest BCUT2D eigenvalue weighted by Gasteiger charge is 2.18. The summed E-state index contributed by atoms with van der Waals surface area (Å²) >= 11 is 0. The third-order valence-electron chi connectivity index (χ3n) is 2.79. The van der Waals surface area contributed by atoms with Crippen LogP contribution < -0.4 is 5.09 Å². The standard InChI is InChI=1S/C12H15N2O2P/c1-16-12(15)11(14-17)6-8-7-13-10-5-3-2-4-9(8)10/h2-5,7,11,13-14H,6,17H2,1H3/t11-/m0/s1. The zero-order valence-corrected chi connectivity index (χ0v) is 10.7. The van der Waals surface area contributed by atoms with Gasteiger partial charge in [-0.05, 0) is 11.6 Å². The molecule has 90 valence electrons. The number of H-pyrrole nitrogens is 1. The second-order valence-corrected chi connectivity index (χ2v) is 4.14. The molecule has 0 spiro atoms. The topological polar surface area (TPSA) is 54.1 Å². The van der Waals surface area contributed by atoms with E-state index >= 15 is 0 Å². The van der Waals surface area contributed by atoms with Crippen molar-refractivity contribution in [3.63, 3.8) is 0 Å². The highest BCUT2D eigenvalue weighted by atomic mass is 31.0. The lowest BCUT2D eigenvalue weighted by Crippen LogP contribution is -2.33. The van der Waals surface area contributed by atoms with Crippen molar-refractivity contribution >= 4 is 26.3 Å². The zero-order valence-electron chi connectivity index (χ0n) is 9.57. The Morgan fingerprint density at radius 2 is 2.29 bits per heavy atom. The van der Waals surface area contributed by atoms with E-state index in [2.05, 4.69) is 19.5 Å². The van der Waals surface area contributed by atoms with Crippen molar-refractivity contribution in [2.45, 2.75) is 12.5 Å². The summed E-state index contributed by atoms with van der Waals surface area (Å²) in [7, 11) is 3.75. The van der Waals surface area contributed by atoms with Crippen LogP contribution in [-0.4, -0.2) is 24.1 Å². The summed E-state index contributed by atoms with van der Waals surface area (Å²) in [6, 6.07) is 7.68. The van der Waals surface area contributed by atoms with Crippen molar-refractivity contribution in [1.29, 1.82) is 0 Å². The zero-order chi connectivity index (χ0) is 12.3. The lowest BCUT2D eigenvalue weighted by Gasteiger charge is -2.12. The quantitative estimate of drug-likeness (QED) is 0.640. The number of esters is 1. The summed E-state index contributed by atoms with van der Waals surface area (Å²) in [5.74, 6) is -0.259. The van der Waals surface area contributed by atoms with E-state index in [9.17, 15) is 4.79 Å². The van der Waals surface area contributed by atoms with Gasteiger partial charge in [0.05, 0.1) is 7.11 Å². The minimum Gasteiger partial charge on any atom is -0.468 e. The molecule has 1 aromatic heterocycles. The number of carbonyl (C=O) groups excluding carboxylic acids is 1. The van der Waals surface area contributed by atoms with Crippen LogP contribution >= 0.6 is 9.39 Å². The van der Waals surface area contributed by atoms with Crippen LogP contribution in [0.3, 0.4) is 0 Å². The predicted molar refractivity (Wildman–Crippen MR) is 70.7 cm³/mol. The van der Waals surface area contributed by atoms with E-state index in [1.807, 2.05) is 30.5 Å². The Bertz CT molecular complexity index is 524. The molecule has 1 heterocycles. The summed E-state index contributed by atoms with van der Waals surface area (Å²) < 4.78 is 4.74. The molecule has 17 heavy (non-hydrogen) atoms. The number of para-hydroxylation sites is 1. The molecule has 1 unspecified atom stereocenters. The van der Waals surface area contributed by atoms with Crippen molar-refractivity contribution in [2.75, 3.05) is 7.11 Å². The fraction of sp³-hybridized carbons (Fsp3) is 0.250. The van der Waals surface area contributed by atoms with Gasteiger partial charge in [-0.25, -0.2) is 0 Å². The Morgan fingerprint density at radius 1 is 1.53 bits per heavy atom. The van der Waals surface area contributed by atoms with Crippen LogP contribution in [0.4, 0.5) is 0 Å². The van der Waals surface area contributed by atoms with E-state index in [1.165, 1.54) is 7.11 Å². The summed E-state index contributed by atoms with van der Waals surface area (Å²) in [6.07, 6.45) is 2.53. The van der Waals surface area contributed by atoms with Gasteiger partial charge in [0.25, 0.3) is 0 Å². The largest absolute Gasteiger partial charge is 0.468 e. The number of benzene rings is 1. The molecule has 1 aromatic carbocycles. The van der Waals surface area contributed by atoms with E-state index in [4.69, 9.17) is 4.74 Å². The number of aromatic amines is 1. The van der Waals surface area contributed by atoms with Crippen LogP contribution in [0, 0.1) is 0 Å². The van der Waals surface area contributed by atoms with Crippen molar-refractivity contribution in [1.82, 2.24) is 10.1 Å². The molecule has 0 radical (unpaired) electrons. The van der Waals surface area contributed by atoms with Crippen LogP contribution in [0.2, 0.25) is 0 Å². The predicted octanol–water partition coefficient (Wildman–Crippen LogP) is 1.63. The average Bonchev–Trinajstić information content (AvgIpc) is 2.78. The van der Waals surface area contributed by atoms with Crippen LogP contribution in [0.5, 0.6) is 0 Å². The van der Waals surface area contributed by atoms with Crippen molar-refractivity contribution in [3.8, 4) is 0 Å². The maximum Gasteiger partial charge on any atom is 0.323 e. The fourth-order valence-corrected chi connectivity index (χ4v) is 2.13. The first-order valence-corrected chi connectivity index (χ1v) is 5.93. The first-order valence-electron chi connectivity index (χ1n) is 5.35. The first-order chi connectivity index (χ1) is 8.26. The Balaban J connectivity index is 2.25. The van der Waals surface area contributed by atoms with Gasteiger partial charge in [-0.2, -0.15) is 0 Å². The Hall–Kier alpha value is -1.38. The number of nitrogens with one attached hydrogen (secondary N) is 2. The van der Waals surface area contributed by atoms with Gasteiger partial charge in [0, 0.05) is 23.5 Å². The monoisotopic (exact) mass is 250 g/mol. The highest BCUT2D eigenvalue weighted by molar-refractivity contribution is 7.13. The lowest BCUT2D eigenvalue weighted by molar-refractivity contribution is -0.142.